The van der Waals surface area contributed by atoms with Gasteiger partial charge in [0.2, 0.25) is 5.95 Å². The number of nitrogens with one attached hydrogen (secondary N) is 1. The van der Waals surface area contributed by atoms with Crippen LogP contribution >= 0.6 is 0 Å². The van der Waals surface area contributed by atoms with Crippen molar-refractivity contribution in [3.63, 3.8) is 0 Å². The van der Waals surface area contributed by atoms with Gasteiger partial charge in [0.05, 0.1) is 29.9 Å². The number of nitrogens with zero attached hydrogens (tertiary/aromatic N) is 4. The summed E-state index contributed by atoms with van der Waals surface area (Å²) in [4.78, 5) is 26.9. The van der Waals surface area contributed by atoms with Gasteiger partial charge in [0.25, 0.3) is 0 Å². The molecule has 0 saturated carbocycles. The van der Waals surface area contributed by atoms with Gasteiger partial charge in [-0.2, -0.15) is 18.4 Å². The molecule has 2 heterocycles. The minimum atomic E-state index is -4.59. The van der Waals surface area contributed by atoms with Crippen LogP contribution < -0.4 is 10.6 Å². The van der Waals surface area contributed by atoms with Gasteiger partial charge in [-0.25, -0.2) is 19.3 Å². The highest BCUT2D eigenvalue weighted by atomic mass is 19.4. The third-order valence-electron chi connectivity index (χ3n) is 5.34. The molecule has 0 fully saturated rings. The lowest BCUT2D eigenvalue weighted by Gasteiger charge is -2.35. The molecule has 0 radical (unpaired) electrons. The van der Waals surface area contributed by atoms with Crippen LogP contribution in [0.5, 0.6) is 0 Å². The van der Waals surface area contributed by atoms with Gasteiger partial charge >= 0.3 is 17.8 Å². The maximum atomic E-state index is 13.3. The number of aromatic nitrogens is 3. The van der Waals surface area contributed by atoms with Crippen LogP contribution in [0.3, 0.4) is 0 Å². The predicted octanol–water partition coefficient (Wildman–Crippen LogP) is 3.65. The van der Waals surface area contributed by atoms with Gasteiger partial charge in [0.1, 0.15) is 6.04 Å². The molecular weight excluding hydrogens is 439 g/mol. The van der Waals surface area contributed by atoms with Gasteiger partial charge in [-0.15, -0.1) is 5.10 Å². The summed E-state index contributed by atoms with van der Waals surface area (Å²) in [5.41, 5.74) is -0.376. The zero-order valence-corrected chi connectivity index (χ0v) is 17.3. The van der Waals surface area contributed by atoms with Gasteiger partial charge in [-0.1, -0.05) is 18.2 Å². The van der Waals surface area contributed by atoms with Gasteiger partial charge < -0.3 is 4.74 Å². The molecule has 1 atom stereocenters. The number of hydrogen-bond donors (Lipinski definition) is 1. The fourth-order valence-corrected chi connectivity index (χ4v) is 3.84. The number of aromatic amines is 1. The van der Waals surface area contributed by atoms with Crippen molar-refractivity contribution >= 4 is 17.6 Å². The van der Waals surface area contributed by atoms with E-state index in [9.17, 15) is 22.8 Å². The van der Waals surface area contributed by atoms with Crippen molar-refractivity contribution in [2.45, 2.75) is 19.1 Å². The van der Waals surface area contributed by atoms with E-state index in [1.807, 2.05) is 6.07 Å². The highest BCUT2D eigenvalue weighted by molar-refractivity contribution is 5.93. The Morgan fingerprint density at radius 1 is 1.21 bits per heavy atom. The molecule has 3 aromatic rings. The van der Waals surface area contributed by atoms with Gasteiger partial charge in [0.15, 0.2) is 0 Å². The summed E-state index contributed by atoms with van der Waals surface area (Å²) >= 11 is 0. The molecule has 1 N–H and O–H groups in total. The van der Waals surface area contributed by atoms with E-state index < -0.39 is 29.4 Å². The quantitative estimate of drug-likeness (QED) is 0.605. The normalized spacial score (nSPS) is 15.8. The minimum absolute atomic E-state index is 0.00108. The van der Waals surface area contributed by atoms with Gasteiger partial charge in [0, 0.05) is 11.4 Å². The first kappa shape index (κ1) is 21.9. The molecule has 168 valence electrons. The van der Waals surface area contributed by atoms with E-state index in [4.69, 9.17) is 10.00 Å². The number of rotatable bonds is 3. The molecule has 2 aromatic carbocycles. The van der Waals surface area contributed by atoms with E-state index >= 15 is 0 Å². The van der Waals surface area contributed by atoms with Crippen molar-refractivity contribution in [3.05, 3.63) is 87.0 Å². The number of anilines is 2. The largest absolute Gasteiger partial charge is 0.466 e. The lowest BCUT2D eigenvalue weighted by Crippen LogP contribution is -2.37. The molecule has 0 aliphatic carbocycles. The van der Waals surface area contributed by atoms with Crippen LogP contribution in [0.2, 0.25) is 0 Å². The molecule has 0 saturated heterocycles. The summed E-state index contributed by atoms with van der Waals surface area (Å²) in [5, 5.41) is 15.4. The summed E-state index contributed by atoms with van der Waals surface area (Å²) in [6.07, 6.45) is -4.59. The smallest absolute Gasteiger partial charge is 0.416 e. The van der Waals surface area contributed by atoms with Crippen molar-refractivity contribution in [1.29, 1.82) is 5.26 Å². The Kier molecular flexibility index (Phi) is 5.29. The van der Waals surface area contributed by atoms with Gasteiger partial charge in [-0.05, 0) is 42.8 Å². The Labute approximate surface area is 185 Å². The van der Waals surface area contributed by atoms with Crippen LogP contribution in [0.15, 0.2) is 64.6 Å². The number of methoxy groups -OCH3 is 1. The molecule has 1 aliphatic rings. The number of esters is 1. The first-order chi connectivity index (χ1) is 15.7. The first-order valence-corrected chi connectivity index (χ1v) is 9.60. The number of carbonyl (C=O) groups is 1. The molecule has 0 spiro atoms. The molecule has 8 nitrogen and oxygen atoms in total. The van der Waals surface area contributed by atoms with Crippen LogP contribution in [-0.2, 0) is 15.7 Å². The molecule has 0 unspecified atom stereocenters. The number of alkyl halides is 3. The van der Waals surface area contributed by atoms with Crippen LogP contribution in [-0.4, -0.2) is 27.8 Å². The number of nitriles is 1. The summed E-state index contributed by atoms with van der Waals surface area (Å²) in [7, 11) is 1.17. The minimum Gasteiger partial charge on any atom is -0.466 e. The van der Waals surface area contributed by atoms with E-state index in [1.54, 1.807) is 12.1 Å². The predicted molar refractivity (Wildman–Crippen MR) is 110 cm³/mol. The van der Waals surface area contributed by atoms with Crippen LogP contribution in [0, 0.1) is 11.3 Å². The number of ether oxygens (including phenoxy) is 1. The standard InChI is InChI=1S/C22H16F3N5O3/c1-12-17(19(31)33-2)18(14-8-6-13(11-26)7-9-14)30-20(27-28-21(30)32)29(12)16-5-3-4-15(10-16)22(23,24)25/h3-10,18H,1-2H3,(H,28,32)/t18-/m0/s1. The Morgan fingerprint density at radius 3 is 2.52 bits per heavy atom. The maximum Gasteiger partial charge on any atom is 0.416 e. The van der Waals surface area contributed by atoms with Crippen LogP contribution in [0.4, 0.5) is 24.8 Å². The zero-order valence-electron chi connectivity index (χ0n) is 17.3. The number of allylic oxidation sites excluding steroid dienone is 1. The van der Waals surface area contributed by atoms with E-state index in [-0.39, 0.29) is 22.9 Å². The lowest BCUT2D eigenvalue weighted by atomic mass is 9.94. The SMILES string of the molecule is COC(=O)C1=C(C)N(c2cccc(C(F)(F)F)c2)c2n[nH]c(=O)n2[C@H]1c1ccc(C#N)cc1. The maximum absolute atomic E-state index is 13.3. The Bertz CT molecular complexity index is 1360. The molecule has 0 bridgehead atoms. The molecule has 1 aliphatic heterocycles. The zero-order chi connectivity index (χ0) is 23.9. The van der Waals surface area contributed by atoms with Gasteiger partial charge in [-0.3, -0.25) is 4.90 Å². The average Bonchev–Trinajstić information content (AvgIpc) is 3.18. The number of hydrogen-bond acceptors (Lipinski definition) is 6. The van der Waals surface area contributed by atoms with Crippen molar-refractivity contribution in [3.8, 4) is 6.07 Å². The second kappa shape index (κ2) is 7.98. The first-order valence-electron chi connectivity index (χ1n) is 9.60. The molecule has 4 rings (SSSR count). The molecule has 11 heteroatoms. The second-order valence-corrected chi connectivity index (χ2v) is 7.21. The Balaban J connectivity index is 1.99. The lowest BCUT2D eigenvalue weighted by molar-refractivity contribution is -0.138. The third-order valence-corrected chi connectivity index (χ3v) is 5.34. The fourth-order valence-electron chi connectivity index (χ4n) is 3.84. The fraction of sp³-hybridized carbons (Fsp3) is 0.182. The Hall–Kier alpha value is -4.33. The monoisotopic (exact) mass is 455 g/mol. The molecular formula is C22H16F3N5O3. The third kappa shape index (κ3) is 3.65. The summed E-state index contributed by atoms with van der Waals surface area (Å²) in [6.45, 7) is 1.53. The van der Waals surface area contributed by atoms with Crippen molar-refractivity contribution in [2.24, 2.45) is 0 Å². The van der Waals surface area contributed by atoms with E-state index in [2.05, 4.69) is 10.2 Å². The number of halogens is 3. The van der Waals surface area contributed by atoms with Crippen LogP contribution in [0.1, 0.15) is 29.7 Å². The number of fused-ring (bicyclic) bond motifs is 1. The number of H-pyrrole nitrogens is 1. The average molecular weight is 455 g/mol. The second-order valence-electron chi connectivity index (χ2n) is 7.21. The van der Waals surface area contributed by atoms with Crippen molar-refractivity contribution in [2.75, 3.05) is 12.0 Å². The number of benzene rings is 2. The van der Waals surface area contributed by atoms with Crippen molar-refractivity contribution < 1.29 is 22.7 Å². The summed E-state index contributed by atoms with van der Waals surface area (Å²) < 4.78 is 46.1. The topological polar surface area (TPSA) is 104 Å². The highest BCUT2D eigenvalue weighted by Crippen LogP contribution is 2.42. The Morgan fingerprint density at radius 2 is 1.91 bits per heavy atom. The molecule has 1 aromatic heterocycles. The summed E-state index contributed by atoms with van der Waals surface area (Å²) in [5.74, 6) is -0.767. The summed E-state index contributed by atoms with van der Waals surface area (Å²) in [6, 6.07) is 11.7. The van der Waals surface area contributed by atoms with E-state index in [0.717, 1.165) is 12.1 Å². The highest BCUT2D eigenvalue weighted by Gasteiger charge is 2.40. The molecule has 33 heavy (non-hydrogen) atoms. The van der Waals surface area contributed by atoms with E-state index in [0.29, 0.717) is 11.1 Å². The molecule has 0 amide bonds. The van der Waals surface area contributed by atoms with Crippen LogP contribution in [0.25, 0.3) is 0 Å². The number of carbonyl (C=O) groups excluding carboxylic acids is 1. The van der Waals surface area contributed by atoms with E-state index in [1.165, 1.54) is 47.8 Å². The van der Waals surface area contributed by atoms with Crippen molar-refractivity contribution in [1.82, 2.24) is 14.8 Å².